The van der Waals surface area contributed by atoms with Crippen molar-refractivity contribution in [1.82, 2.24) is 0 Å². The molecule has 0 aromatic carbocycles. The first-order chi connectivity index (χ1) is 9.91. The van der Waals surface area contributed by atoms with Gasteiger partial charge in [0.2, 0.25) is 0 Å². The number of esters is 2. The zero-order valence-electron chi connectivity index (χ0n) is 12.6. The molecule has 4 rings (SSSR count). The molecule has 0 spiro atoms. The van der Waals surface area contributed by atoms with E-state index in [9.17, 15) is 9.59 Å². The fourth-order valence-corrected chi connectivity index (χ4v) is 4.90. The van der Waals surface area contributed by atoms with Crippen LogP contribution in [0.1, 0.15) is 33.6 Å². The van der Waals surface area contributed by atoms with Gasteiger partial charge in [0.05, 0.1) is 6.61 Å². The predicted octanol–water partition coefficient (Wildman–Crippen LogP) is 2.60. The Morgan fingerprint density at radius 3 is 2.95 bits per heavy atom. The van der Waals surface area contributed by atoms with Crippen LogP contribution in [0, 0.1) is 29.1 Å². The van der Waals surface area contributed by atoms with E-state index in [1.54, 1.807) is 0 Å². The highest BCUT2D eigenvalue weighted by molar-refractivity contribution is 5.94. The van der Waals surface area contributed by atoms with Crippen molar-refractivity contribution in [2.45, 2.75) is 33.6 Å². The van der Waals surface area contributed by atoms with Gasteiger partial charge in [0.15, 0.2) is 0 Å². The van der Waals surface area contributed by atoms with Crippen LogP contribution in [-0.4, -0.2) is 18.5 Å². The summed E-state index contributed by atoms with van der Waals surface area (Å²) in [7, 11) is 0. The normalized spacial score (nSPS) is 42.8. The van der Waals surface area contributed by atoms with Gasteiger partial charge in [-0.25, -0.2) is 4.79 Å². The maximum Gasteiger partial charge on any atom is 0.339 e. The van der Waals surface area contributed by atoms with Gasteiger partial charge in [0, 0.05) is 24.0 Å². The first kappa shape index (κ1) is 13.1. The molecule has 0 bridgehead atoms. The molecule has 5 atom stereocenters. The van der Waals surface area contributed by atoms with E-state index >= 15 is 0 Å². The van der Waals surface area contributed by atoms with Crippen LogP contribution in [0.2, 0.25) is 0 Å². The Labute approximate surface area is 124 Å². The van der Waals surface area contributed by atoms with Crippen molar-refractivity contribution in [2.24, 2.45) is 29.1 Å². The highest BCUT2D eigenvalue weighted by atomic mass is 16.5. The maximum absolute atomic E-state index is 11.8. The van der Waals surface area contributed by atoms with Gasteiger partial charge < -0.3 is 9.47 Å². The molecule has 2 fully saturated rings. The Kier molecular flexibility index (Phi) is 2.49. The van der Waals surface area contributed by atoms with Crippen molar-refractivity contribution in [3.8, 4) is 0 Å². The first-order valence-electron chi connectivity index (χ1n) is 7.70. The van der Waals surface area contributed by atoms with Crippen molar-refractivity contribution >= 4 is 11.9 Å². The van der Waals surface area contributed by atoms with Gasteiger partial charge in [0.25, 0.3) is 0 Å². The summed E-state index contributed by atoms with van der Waals surface area (Å²) in [6.45, 7) is 6.11. The molecule has 0 saturated heterocycles. The van der Waals surface area contributed by atoms with E-state index in [-0.39, 0.29) is 17.4 Å². The monoisotopic (exact) mass is 288 g/mol. The Morgan fingerprint density at radius 2 is 2.24 bits per heavy atom. The quantitative estimate of drug-likeness (QED) is 0.733. The Bertz CT molecular complexity index is 614. The number of carbonyl (C=O) groups excluding carboxylic acids is 2. The molecule has 0 amide bonds. The number of ether oxygens (including phenoxy) is 2. The van der Waals surface area contributed by atoms with Crippen LogP contribution in [0.25, 0.3) is 0 Å². The molecule has 21 heavy (non-hydrogen) atoms. The lowest BCUT2D eigenvalue weighted by Crippen LogP contribution is -2.34. The molecular weight excluding hydrogens is 268 g/mol. The molecule has 0 N–H and O–H groups in total. The third kappa shape index (κ3) is 1.68. The van der Waals surface area contributed by atoms with Crippen LogP contribution in [0.15, 0.2) is 23.0 Å². The van der Waals surface area contributed by atoms with Crippen LogP contribution in [-0.2, 0) is 19.1 Å². The summed E-state index contributed by atoms with van der Waals surface area (Å²) in [6.07, 6.45) is 4.26. The molecule has 4 aliphatic rings. The molecule has 2 saturated carbocycles. The molecule has 0 aromatic rings. The van der Waals surface area contributed by atoms with Gasteiger partial charge in [-0.1, -0.05) is 6.92 Å². The molecule has 1 aliphatic heterocycles. The second-order valence-electron chi connectivity index (χ2n) is 7.15. The van der Waals surface area contributed by atoms with E-state index in [1.165, 1.54) is 13.3 Å². The summed E-state index contributed by atoms with van der Waals surface area (Å²) in [6, 6.07) is 0. The van der Waals surface area contributed by atoms with Crippen LogP contribution < -0.4 is 0 Å². The zero-order chi connectivity index (χ0) is 14.9. The van der Waals surface area contributed by atoms with Gasteiger partial charge in [-0.05, 0) is 49.0 Å². The number of hydrogen-bond donors (Lipinski definition) is 0. The number of fused-ring (bicyclic) bond motifs is 4. The molecule has 1 heterocycles. The largest absolute Gasteiger partial charge is 0.466 e. The lowest BCUT2D eigenvalue weighted by atomic mass is 9.66. The molecule has 4 heteroatoms. The molecule has 0 radical (unpaired) electrons. The summed E-state index contributed by atoms with van der Waals surface area (Å²) in [5.41, 5.74) is 1.89. The van der Waals surface area contributed by atoms with Gasteiger partial charge in [-0.15, -0.1) is 0 Å². The zero-order valence-corrected chi connectivity index (χ0v) is 12.6. The topological polar surface area (TPSA) is 52.6 Å². The number of rotatable bonds is 2. The van der Waals surface area contributed by atoms with Crippen LogP contribution in [0.4, 0.5) is 0 Å². The molecular formula is C17H20O4. The second-order valence-corrected chi connectivity index (χ2v) is 7.15. The van der Waals surface area contributed by atoms with Crippen molar-refractivity contribution in [3.63, 3.8) is 0 Å². The molecule has 3 aliphatic carbocycles. The summed E-state index contributed by atoms with van der Waals surface area (Å²) < 4.78 is 10.7. The van der Waals surface area contributed by atoms with Crippen molar-refractivity contribution < 1.29 is 19.1 Å². The summed E-state index contributed by atoms with van der Waals surface area (Å²) in [4.78, 5) is 22.9. The average molecular weight is 288 g/mol. The fraction of sp³-hybridized carbons (Fsp3) is 0.647. The molecule has 112 valence electrons. The third-order valence-electron chi connectivity index (χ3n) is 6.11. The van der Waals surface area contributed by atoms with Gasteiger partial charge in [0.1, 0.15) is 5.76 Å². The lowest BCUT2D eigenvalue weighted by molar-refractivity contribution is -0.143. The van der Waals surface area contributed by atoms with Crippen LogP contribution >= 0.6 is 0 Å². The van der Waals surface area contributed by atoms with E-state index in [0.717, 1.165) is 23.3 Å². The van der Waals surface area contributed by atoms with Crippen molar-refractivity contribution in [3.05, 3.63) is 23.0 Å². The minimum atomic E-state index is -0.206. The summed E-state index contributed by atoms with van der Waals surface area (Å²) >= 11 is 0. The van der Waals surface area contributed by atoms with E-state index < -0.39 is 0 Å². The summed E-state index contributed by atoms with van der Waals surface area (Å²) in [5.74, 6) is 2.55. The highest BCUT2D eigenvalue weighted by Gasteiger charge is 2.66. The highest BCUT2D eigenvalue weighted by Crippen LogP contribution is 2.71. The predicted molar refractivity (Wildman–Crippen MR) is 74.8 cm³/mol. The smallest absolute Gasteiger partial charge is 0.339 e. The van der Waals surface area contributed by atoms with E-state index in [1.807, 2.05) is 6.92 Å². The third-order valence-corrected chi connectivity index (χ3v) is 6.11. The van der Waals surface area contributed by atoms with Crippen LogP contribution in [0.3, 0.4) is 0 Å². The fourth-order valence-electron chi connectivity index (χ4n) is 4.90. The summed E-state index contributed by atoms with van der Waals surface area (Å²) in [5, 5.41) is 0. The Hall–Kier alpha value is -1.58. The van der Waals surface area contributed by atoms with Crippen molar-refractivity contribution in [2.75, 3.05) is 6.61 Å². The van der Waals surface area contributed by atoms with E-state index in [4.69, 9.17) is 9.47 Å². The molecule has 0 aromatic heterocycles. The van der Waals surface area contributed by atoms with Gasteiger partial charge >= 0.3 is 11.9 Å². The van der Waals surface area contributed by atoms with Gasteiger partial charge in [-0.3, -0.25) is 4.79 Å². The van der Waals surface area contributed by atoms with E-state index in [2.05, 4.69) is 13.0 Å². The number of allylic oxidation sites excluding steroid dienone is 2. The number of carbonyl (C=O) groups is 2. The Balaban J connectivity index is 1.68. The first-order valence-corrected chi connectivity index (χ1v) is 7.70. The average Bonchev–Trinajstić information content (AvgIpc) is 3.11. The molecule has 4 nitrogen and oxygen atoms in total. The van der Waals surface area contributed by atoms with Gasteiger partial charge in [-0.2, -0.15) is 0 Å². The second kappa shape index (κ2) is 3.99. The van der Waals surface area contributed by atoms with E-state index in [0.29, 0.717) is 30.3 Å². The Morgan fingerprint density at radius 1 is 1.48 bits per heavy atom. The lowest BCUT2D eigenvalue weighted by Gasteiger charge is -2.39. The SMILES string of the molecule is CC(=O)OC[C@@H]1[C@H]2C[C@H]2[C@]2(C)C=C3OC(=O)C(C)=C3C[C@@H]12. The standard InChI is InChI=1S/C17H20O4/c1-8-10-4-14-12(7-20-9(2)18)11-5-13(11)17(14,3)6-15(10)21-16(8)19/h6,11-14H,4-5,7H2,1-3H3/t11-,12-,13-,14+,17+/m1/s1. The minimum absolute atomic E-state index is 0.0826. The minimum Gasteiger partial charge on any atom is -0.466 e. The maximum atomic E-state index is 11.8. The van der Waals surface area contributed by atoms with Crippen molar-refractivity contribution in [1.29, 1.82) is 0 Å². The number of hydrogen-bond acceptors (Lipinski definition) is 4. The van der Waals surface area contributed by atoms with Crippen LogP contribution in [0.5, 0.6) is 0 Å². The molecule has 0 unspecified atom stereocenters.